The molecule has 0 saturated heterocycles. The number of amides is 1. The van der Waals surface area contributed by atoms with Crippen molar-refractivity contribution >= 4 is 36.8 Å². The van der Waals surface area contributed by atoms with Crippen molar-refractivity contribution in [2.75, 3.05) is 5.32 Å². The molecule has 0 spiro atoms. The summed E-state index contributed by atoms with van der Waals surface area (Å²) < 4.78 is 9.17. The van der Waals surface area contributed by atoms with Crippen LogP contribution in [0.1, 0.15) is 72.4 Å². The van der Waals surface area contributed by atoms with Crippen LogP contribution in [0.3, 0.4) is 0 Å². The van der Waals surface area contributed by atoms with Crippen LogP contribution in [0.4, 0.5) is 5.69 Å². The third-order valence-corrected chi connectivity index (χ3v) is 13.3. The molecule has 0 unspecified atom stereocenters. The highest BCUT2D eigenvalue weighted by Crippen LogP contribution is 2.44. The van der Waals surface area contributed by atoms with E-state index in [0.29, 0.717) is 34.8 Å². The van der Waals surface area contributed by atoms with Crippen LogP contribution < -0.4 is 9.74 Å². The van der Waals surface area contributed by atoms with Crippen molar-refractivity contribution < 1.29 is 19.1 Å². The molecule has 0 radical (unpaired) electrons. The molecule has 7 heteroatoms. The molecule has 1 heterocycles. The molecule has 2 aromatic carbocycles. The van der Waals surface area contributed by atoms with Gasteiger partial charge < -0.3 is 19.4 Å². The summed E-state index contributed by atoms with van der Waals surface area (Å²) in [6, 6.07) is 13.9. The fourth-order valence-corrected chi connectivity index (χ4v) is 10.9. The predicted molar refractivity (Wildman–Crippen MR) is 150 cm³/mol. The van der Waals surface area contributed by atoms with Crippen LogP contribution in [0.2, 0.25) is 16.6 Å². The molecule has 0 bridgehead atoms. The second kappa shape index (κ2) is 10.9. The van der Waals surface area contributed by atoms with Gasteiger partial charge in [-0.15, -0.1) is 0 Å². The Balaban J connectivity index is 1.96. The van der Waals surface area contributed by atoms with Gasteiger partial charge in [0, 0.05) is 18.1 Å². The van der Waals surface area contributed by atoms with E-state index in [4.69, 9.17) is 9.53 Å². The zero-order valence-electron chi connectivity index (χ0n) is 22.8. The van der Waals surface area contributed by atoms with Gasteiger partial charge in [-0.25, -0.2) is 4.79 Å². The van der Waals surface area contributed by atoms with Gasteiger partial charge in [-0.2, -0.15) is 0 Å². The zero-order valence-corrected chi connectivity index (χ0v) is 23.8. The smallest absolute Gasteiger partial charge is 0.394 e. The monoisotopic (exact) mass is 508 g/mol. The molecule has 6 nitrogen and oxygen atoms in total. The van der Waals surface area contributed by atoms with Gasteiger partial charge in [-0.1, -0.05) is 73.6 Å². The van der Waals surface area contributed by atoms with E-state index >= 15 is 0 Å². The van der Waals surface area contributed by atoms with Crippen molar-refractivity contribution in [1.82, 2.24) is 4.57 Å². The van der Waals surface area contributed by atoms with Crippen molar-refractivity contribution in [3.8, 4) is 5.75 Å². The molecule has 3 rings (SSSR count). The maximum Gasteiger partial charge on any atom is 0.394 e. The van der Waals surface area contributed by atoms with E-state index in [1.54, 1.807) is 6.07 Å². The summed E-state index contributed by atoms with van der Waals surface area (Å²) in [7, 11) is -2.07. The van der Waals surface area contributed by atoms with E-state index < -0.39 is 20.2 Å². The van der Waals surface area contributed by atoms with E-state index in [1.165, 1.54) is 5.56 Å². The fraction of sp³-hybridized carbons (Fsp3) is 0.448. The Morgan fingerprint density at radius 1 is 0.944 bits per heavy atom. The predicted octanol–water partition coefficient (Wildman–Crippen LogP) is 7.39. The number of nitrogens with zero attached hydrogens (tertiary/aromatic N) is 1. The van der Waals surface area contributed by atoms with E-state index in [9.17, 15) is 9.59 Å². The van der Waals surface area contributed by atoms with Gasteiger partial charge in [0.1, 0.15) is 5.75 Å². The Bertz CT molecular complexity index is 1220. The quantitative estimate of drug-likeness (QED) is 0.233. The average molecular weight is 509 g/mol. The van der Waals surface area contributed by atoms with E-state index in [-0.39, 0.29) is 0 Å². The number of carbonyl (C=O) groups is 2. The molecule has 0 atom stereocenters. The molecule has 2 N–H and O–H groups in total. The number of aliphatic carboxylic acids is 1. The lowest BCUT2D eigenvalue weighted by atomic mass is 9.99. The molecule has 0 saturated carbocycles. The van der Waals surface area contributed by atoms with Crippen LogP contribution in [-0.4, -0.2) is 29.9 Å². The first-order chi connectivity index (χ1) is 16.9. The third kappa shape index (κ3) is 5.36. The Morgan fingerprint density at radius 2 is 1.58 bits per heavy atom. The van der Waals surface area contributed by atoms with Crippen molar-refractivity contribution in [1.29, 1.82) is 0 Å². The number of benzene rings is 2. The summed E-state index contributed by atoms with van der Waals surface area (Å²) in [6.07, 6.45) is 1.97. The summed E-state index contributed by atoms with van der Waals surface area (Å²) in [5, 5.41) is 12.2. The number of hydrogen-bond acceptors (Lipinski definition) is 3. The maximum atomic E-state index is 11.7. The first-order valence-electron chi connectivity index (χ1n) is 12.8. The maximum absolute atomic E-state index is 11.7. The molecule has 1 amide bonds. The molecule has 0 aliphatic heterocycles. The molecular weight excluding hydrogens is 468 g/mol. The summed E-state index contributed by atoms with van der Waals surface area (Å²) in [5.41, 5.74) is 5.29. The summed E-state index contributed by atoms with van der Waals surface area (Å²) in [5.74, 6) is -1.23. The van der Waals surface area contributed by atoms with Crippen molar-refractivity contribution in [3.05, 3.63) is 59.8 Å². The molecule has 0 aliphatic carbocycles. The van der Waals surface area contributed by atoms with Crippen molar-refractivity contribution in [2.45, 2.75) is 84.5 Å². The topological polar surface area (TPSA) is 80.6 Å². The Hall–Kier alpha value is -3.06. The molecule has 194 valence electrons. The molecule has 1 aromatic heterocycles. The first kappa shape index (κ1) is 27.5. The van der Waals surface area contributed by atoms with E-state index in [1.807, 2.05) is 24.4 Å². The van der Waals surface area contributed by atoms with Crippen LogP contribution >= 0.6 is 0 Å². The molecule has 36 heavy (non-hydrogen) atoms. The highest BCUT2D eigenvalue weighted by atomic mass is 28.4. The van der Waals surface area contributed by atoms with Gasteiger partial charge in [0.05, 0.1) is 11.2 Å². The largest absolute Gasteiger partial charge is 0.542 e. The van der Waals surface area contributed by atoms with Crippen molar-refractivity contribution in [3.63, 3.8) is 0 Å². The summed E-state index contributed by atoms with van der Waals surface area (Å²) in [4.78, 5) is 22.7. The number of fused-ring (bicyclic) bond motifs is 1. The third-order valence-electron chi connectivity index (χ3n) is 7.30. The lowest BCUT2D eigenvalue weighted by Gasteiger charge is -2.43. The molecular formula is C29H40N2O4Si. The molecule has 0 fully saturated rings. The number of anilines is 1. The van der Waals surface area contributed by atoms with Gasteiger partial charge in [-0.3, -0.25) is 4.79 Å². The van der Waals surface area contributed by atoms with Gasteiger partial charge >= 0.3 is 11.9 Å². The number of nitrogens with one attached hydrogen (secondary N) is 1. The average Bonchev–Trinajstić information content (AvgIpc) is 3.20. The lowest BCUT2D eigenvalue weighted by Crippen LogP contribution is -2.50. The van der Waals surface area contributed by atoms with Gasteiger partial charge in [-0.05, 0) is 57.9 Å². The number of carbonyl (C=O) groups excluding carboxylic acids is 1. The van der Waals surface area contributed by atoms with E-state index in [2.05, 4.69) is 83.5 Å². The van der Waals surface area contributed by atoms with Gasteiger partial charge in [0.2, 0.25) is 0 Å². The lowest BCUT2D eigenvalue weighted by molar-refractivity contribution is -0.147. The highest BCUT2D eigenvalue weighted by molar-refractivity contribution is 6.78. The van der Waals surface area contributed by atoms with Crippen LogP contribution in [0.15, 0.2) is 48.7 Å². The van der Waals surface area contributed by atoms with Gasteiger partial charge in [0.15, 0.2) is 0 Å². The Labute approximate surface area is 215 Å². The minimum atomic E-state index is -2.07. The Morgan fingerprint density at radius 3 is 2.14 bits per heavy atom. The number of hydrogen-bond donors (Lipinski definition) is 2. The second-order valence-electron chi connectivity index (χ2n) is 10.9. The number of rotatable bonds is 9. The van der Waals surface area contributed by atoms with Crippen molar-refractivity contribution in [2.24, 2.45) is 0 Å². The molecule has 0 aliphatic rings. The van der Waals surface area contributed by atoms with Crippen LogP contribution in [-0.2, 0) is 16.1 Å². The standard InChI is InChI=1S/C29H40N2O4Si/c1-18(2)24-16-22(12-13-27(24)35-36(19(3)4,20(5)6)21(7)8)17-31-15-14-23-25(10-9-11-26(23)31)30-28(32)29(33)34/h9-16,18-21H,17H2,1-8H3,(H,30,32)(H,33,34). The highest BCUT2D eigenvalue weighted by Gasteiger charge is 2.47. The zero-order chi connectivity index (χ0) is 26.8. The summed E-state index contributed by atoms with van der Waals surface area (Å²) >= 11 is 0. The molecule has 3 aromatic rings. The van der Waals surface area contributed by atoms with Crippen LogP contribution in [0.25, 0.3) is 10.9 Å². The van der Waals surface area contributed by atoms with Gasteiger partial charge in [0.25, 0.3) is 8.32 Å². The normalized spacial score (nSPS) is 12.2. The SMILES string of the molecule is CC(C)c1cc(Cn2ccc3c(NC(=O)C(=O)O)cccc32)ccc1O[Si](C(C)C)(C(C)C)C(C)C. The van der Waals surface area contributed by atoms with Crippen LogP contribution in [0, 0.1) is 0 Å². The van der Waals surface area contributed by atoms with E-state index in [0.717, 1.165) is 22.2 Å². The minimum Gasteiger partial charge on any atom is -0.542 e. The second-order valence-corrected chi connectivity index (χ2v) is 16.3. The first-order valence-corrected chi connectivity index (χ1v) is 15.0. The number of carboxylic acid groups (broad SMARTS) is 1. The summed E-state index contributed by atoms with van der Waals surface area (Å²) in [6.45, 7) is 18.9. The minimum absolute atomic E-state index is 0.317. The number of aromatic nitrogens is 1. The fourth-order valence-electron chi connectivity index (χ4n) is 5.63. The number of carboxylic acids is 1. The Kier molecular flexibility index (Phi) is 8.34. The van der Waals surface area contributed by atoms with Crippen LogP contribution in [0.5, 0.6) is 5.75 Å².